The van der Waals surface area contributed by atoms with Crippen LogP contribution in [0.15, 0.2) is 4.79 Å². The molecule has 1 aromatic rings. The van der Waals surface area contributed by atoms with Crippen LogP contribution in [0.1, 0.15) is 38.9 Å². The molecule has 5 heteroatoms. The van der Waals surface area contributed by atoms with E-state index in [4.69, 9.17) is 0 Å². The highest BCUT2D eigenvalue weighted by Crippen LogP contribution is 2.09. The quantitative estimate of drug-likeness (QED) is 0.824. The van der Waals surface area contributed by atoms with Crippen molar-refractivity contribution in [2.45, 2.75) is 58.7 Å². The Morgan fingerprint density at radius 3 is 3.00 bits per heavy atom. The molecule has 1 atom stereocenters. The summed E-state index contributed by atoms with van der Waals surface area (Å²) in [6.45, 7) is 6.77. The molecule has 5 nitrogen and oxygen atoms in total. The maximum atomic E-state index is 12.0. The first-order chi connectivity index (χ1) is 8.22. The zero-order valence-corrected chi connectivity index (χ0v) is 10.8. The van der Waals surface area contributed by atoms with Crippen molar-refractivity contribution in [1.29, 1.82) is 0 Å². The summed E-state index contributed by atoms with van der Waals surface area (Å²) >= 11 is 0. The summed E-state index contributed by atoms with van der Waals surface area (Å²) < 4.78 is 3.47. The maximum absolute atomic E-state index is 12.0. The molecule has 0 bridgehead atoms. The van der Waals surface area contributed by atoms with E-state index in [0.717, 1.165) is 44.6 Å². The van der Waals surface area contributed by atoms with Crippen molar-refractivity contribution in [3.05, 3.63) is 16.3 Å². The summed E-state index contributed by atoms with van der Waals surface area (Å²) in [5.41, 5.74) is 0.0726. The predicted molar refractivity (Wildman–Crippen MR) is 67.2 cm³/mol. The number of hydrogen-bond donors (Lipinski definition) is 1. The van der Waals surface area contributed by atoms with Gasteiger partial charge >= 0.3 is 5.69 Å². The highest BCUT2D eigenvalue weighted by Gasteiger charge is 2.16. The van der Waals surface area contributed by atoms with E-state index in [1.807, 2.05) is 4.57 Å². The molecule has 0 saturated heterocycles. The zero-order chi connectivity index (χ0) is 12.3. The Morgan fingerprint density at radius 1 is 1.47 bits per heavy atom. The molecule has 17 heavy (non-hydrogen) atoms. The van der Waals surface area contributed by atoms with E-state index in [-0.39, 0.29) is 5.69 Å². The van der Waals surface area contributed by atoms with Gasteiger partial charge in [-0.25, -0.2) is 9.48 Å². The van der Waals surface area contributed by atoms with E-state index in [1.165, 1.54) is 0 Å². The largest absolute Gasteiger partial charge is 0.345 e. The highest BCUT2D eigenvalue weighted by molar-refractivity contribution is 4.91. The average Bonchev–Trinajstić information content (AvgIpc) is 2.65. The second kappa shape index (κ2) is 5.49. The average molecular weight is 238 g/mol. The summed E-state index contributed by atoms with van der Waals surface area (Å²) in [6, 6.07) is 0.436. The normalized spacial score (nSPS) is 16.8. The lowest BCUT2D eigenvalue weighted by molar-refractivity contribution is 0.457. The third kappa shape index (κ3) is 2.77. The SMILES string of the molecule is CCNC(C)CCn1nc2n(c1=O)CCCC2. The minimum atomic E-state index is 0.0726. The van der Waals surface area contributed by atoms with E-state index in [2.05, 4.69) is 24.3 Å². The number of aromatic nitrogens is 3. The number of hydrogen-bond acceptors (Lipinski definition) is 3. The Kier molecular flexibility index (Phi) is 3.99. The minimum Gasteiger partial charge on any atom is -0.314 e. The Balaban J connectivity index is 2.02. The van der Waals surface area contributed by atoms with Crippen LogP contribution in [-0.4, -0.2) is 26.9 Å². The number of aryl methyl sites for hydroxylation is 2. The van der Waals surface area contributed by atoms with Gasteiger partial charge in [-0.3, -0.25) is 4.57 Å². The molecule has 0 aliphatic carbocycles. The van der Waals surface area contributed by atoms with Gasteiger partial charge in [0.2, 0.25) is 0 Å². The third-order valence-electron chi connectivity index (χ3n) is 3.36. The Morgan fingerprint density at radius 2 is 2.29 bits per heavy atom. The summed E-state index contributed by atoms with van der Waals surface area (Å²) in [7, 11) is 0. The van der Waals surface area contributed by atoms with Crippen molar-refractivity contribution in [2.75, 3.05) is 6.54 Å². The molecule has 0 radical (unpaired) electrons. The first-order valence-corrected chi connectivity index (χ1v) is 6.62. The van der Waals surface area contributed by atoms with E-state index < -0.39 is 0 Å². The van der Waals surface area contributed by atoms with E-state index >= 15 is 0 Å². The fourth-order valence-electron chi connectivity index (χ4n) is 2.36. The van der Waals surface area contributed by atoms with Crippen molar-refractivity contribution in [3.8, 4) is 0 Å². The second-order valence-corrected chi connectivity index (χ2v) is 4.78. The van der Waals surface area contributed by atoms with Crippen LogP contribution in [-0.2, 0) is 19.5 Å². The van der Waals surface area contributed by atoms with Gasteiger partial charge < -0.3 is 5.32 Å². The van der Waals surface area contributed by atoms with Crippen LogP contribution in [0.3, 0.4) is 0 Å². The molecule has 1 aromatic heterocycles. The van der Waals surface area contributed by atoms with Gasteiger partial charge in [0.05, 0.1) is 0 Å². The predicted octanol–water partition coefficient (Wildman–Crippen LogP) is 0.769. The Hall–Kier alpha value is -1.10. The summed E-state index contributed by atoms with van der Waals surface area (Å²) in [6.07, 6.45) is 4.16. The molecular weight excluding hydrogens is 216 g/mol. The zero-order valence-electron chi connectivity index (χ0n) is 10.8. The van der Waals surface area contributed by atoms with Crippen LogP contribution in [0.25, 0.3) is 0 Å². The monoisotopic (exact) mass is 238 g/mol. The standard InChI is InChI=1S/C12H22N4O/c1-3-13-10(2)7-9-16-12(17)15-8-5-4-6-11(15)14-16/h10,13H,3-9H2,1-2H3. The molecular formula is C12H22N4O. The van der Waals surface area contributed by atoms with Gasteiger partial charge in [0.15, 0.2) is 0 Å². The lowest BCUT2D eigenvalue weighted by Crippen LogP contribution is -2.31. The smallest absolute Gasteiger partial charge is 0.314 e. The first kappa shape index (κ1) is 12.4. The molecule has 1 N–H and O–H groups in total. The first-order valence-electron chi connectivity index (χ1n) is 6.62. The fourth-order valence-corrected chi connectivity index (χ4v) is 2.36. The number of rotatable bonds is 5. The van der Waals surface area contributed by atoms with E-state index in [9.17, 15) is 4.79 Å². The number of nitrogens with zero attached hydrogens (tertiary/aromatic N) is 3. The van der Waals surface area contributed by atoms with Gasteiger partial charge in [0.1, 0.15) is 5.82 Å². The molecule has 2 heterocycles. The lowest BCUT2D eigenvalue weighted by atomic mass is 10.2. The van der Waals surface area contributed by atoms with Crippen LogP contribution in [0, 0.1) is 0 Å². The highest BCUT2D eigenvalue weighted by atomic mass is 16.2. The van der Waals surface area contributed by atoms with Gasteiger partial charge in [-0.1, -0.05) is 6.92 Å². The third-order valence-corrected chi connectivity index (χ3v) is 3.36. The van der Waals surface area contributed by atoms with Crippen molar-refractivity contribution in [2.24, 2.45) is 0 Å². The number of fused-ring (bicyclic) bond motifs is 1. The molecule has 96 valence electrons. The van der Waals surface area contributed by atoms with Crippen LogP contribution in [0.5, 0.6) is 0 Å². The topological polar surface area (TPSA) is 51.9 Å². The maximum Gasteiger partial charge on any atom is 0.345 e. The van der Waals surface area contributed by atoms with Gasteiger partial charge in [-0.05, 0) is 32.7 Å². The van der Waals surface area contributed by atoms with Gasteiger partial charge in [0, 0.05) is 25.6 Å². The van der Waals surface area contributed by atoms with Crippen LogP contribution in [0.2, 0.25) is 0 Å². The molecule has 2 rings (SSSR count). The van der Waals surface area contributed by atoms with Crippen molar-refractivity contribution >= 4 is 0 Å². The summed E-state index contributed by atoms with van der Waals surface area (Å²) in [4.78, 5) is 12.0. The second-order valence-electron chi connectivity index (χ2n) is 4.78. The molecule has 0 aromatic carbocycles. The molecule has 0 fully saturated rings. The fraction of sp³-hybridized carbons (Fsp3) is 0.833. The number of nitrogens with one attached hydrogen (secondary N) is 1. The van der Waals surface area contributed by atoms with Crippen LogP contribution in [0.4, 0.5) is 0 Å². The molecule has 1 aliphatic heterocycles. The van der Waals surface area contributed by atoms with E-state index in [0.29, 0.717) is 12.6 Å². The van der Waals surface area contributed by atoms with Crippen molar-refractivity contribution < 1.29 is 0 Å². The minimum absolute atomic E-state index is 0.0726. The van der Waals surface area contributed by atoms with Gasteiger partial charge in [-0.2, -0.15) is 5.10 Å². The molecule has 0 amide bonds. The summed E-state index contributed by atoms with van der Waals surface area (Å²) in [5, 5.41) is 7.77. The molecule has 0 saturated carbocycles. The summed E-state index contributed by atoms with van der Waals surface area (Å²) in [5.74, 6) is 0.970. The van der Waals surface area contributed by atoms with Crippen molar-refractivity contribution in [1.82, 2.24) is 19.7 Å². The van der Waals surface area contributed by atoms with Crippen molar-refractivity contribution in [3.63, 3.8) is 0 Å². The van der Waals surface area contributed by atoms with E-state index in [1.54, 1.807) is 4.68 Å². The Labute approximate surface area is 102 Å². The molecule has 0 spiro atoms. The molecule has 1 unspecified atom stereocenters. The van der Waals surface area contributed by atoms with Crippen LogP contribution >= 0.6 is 0 Å². The van der Waals surface area contributed by atoms with Gasteiger partial charge in [-0.15, -0.1) is 0 Å². The van der Waals surface area contributed by atoms with Gasteiger partial charge in [0.25, 0.3) is 0 Å². The Bertz CT molecular complexity index is 421. The lowest BCUT2D eigenvalue weighted by Gasteiger charge is -2.10. The van der Waals surface area contributed by atoms with Crippen LogP contribution < -0.4 is 11.0 Å². The molecule has 1 aliphatic rings.